The van der Waals surface area contributed by atoms with Crippen LogP contribution in [0.3, 0.4) is 0 Å². The summed E-state index contributed by atoms with van der Waals surface area (Å²) in [6.45, 7) is 10.9. The molecule has 0 saturated carbocycles. The van der Waals surface area contributed by atoms with E-state index in [-0.39, 0.29) is 18.1 Å². The molecule has 4 nitrogen and oxygen atoms in total. The number of carbonyl (C=O) groups excluding carboxylic acids is 1. The third-order valence-electron chi connectivity index (χ3n) is 3.59. The van der Waals surface area contributed by atoms with E-state index in [1.165, 1.54) is 5.56 Å². The van der Waals surface area contributed by atoms with E-state index in [0.29, 0.717) is 13.1 Å². The van der Waals surface area contributed by atoms with Crippen molar-refractivity contribution >= 4 is 17.9 Å². The maximum absolute atomic E-state index is 12.6. The monoisotopic (exact) mass is 367 g/mol. The van der Waals surface area contributed by atoms with Gasteiger partial charge in [-0.25, -0.2) is 4.79 Å². The van der Waals surface area contributed by atoms with Gasteiger partial charge in [0, 0.05) is 18.8 Å². The predicted molar refractivity (Wildman–Crippen MR) is 106 cm³/mol. The topological polar surface area (TPSA) is 49.8 Å². The van der Waals surface area contributed by atoms with E-state index in [4.69, 9.17) is 4.74 Å². The van der Waals surface area contributed by atoms with Crippen molar-refractivity contribution in [2.24, 2.45) is 0 Å². The summed E-state index contributed by atoms with van der Waals surface area (Å²) in [7, 11) is 0. The van der Waals surface area contributed by atoms with Crippen LogP contribution in [0, 0.1) is 0 Å². The van der Waals surface area contributed by atoms with E-state index in [0.717, 1.165) is 17.9 Å². The average molecular weight is 368 g/mol. The van der Waals surface area contributed by atoms with Crippen molar-refractivity contribution in [3.8, 4) is 0 Å². The molecular weight excluding hydrogens is 334 g/mol. The Morgan fingerprint density at radius 3 is 2.44 bits per heavy atom. The second-order valence-electron chi connectivity index (χ2n) is 7.52. The van der Waals surface area contributed by atoms with Crippen LogP contribution in [-0.4, -0.2) is 52.4 Å². The lowest BCUT2D eigenvalue weighted by Gasteiger charge is -2.29. The third-order valence-corrected chi connectivity index (χ3v) is 4.89. The van der Waals surface area contributed by atoms with Crippen LogP contribution < -0.4 is 0 Å². The maximum atomic E-state index is 12.6. The Kier molecular flexibility index (Phi) is 9.36. The number of carbonyl (C=O) groups is 1. The molecule has 0 aromatic heterocycles. The summed E-state index contributed by atoms with van der Waals surface area (Å²) in [5.74, 6) is 1.90. The molecule has 0 aliphatic rings. The molecule has 0 radical (unpaired) electrons. The minimum atomic E-state index is -0.494. The zero-order valence-electron chi connectivity index (χ0n) is 16.2. The Morgan fingerprint density at radius 1 is 1.24 bits per heavy atom. The quantitative estimate of drug-likeness (QED) is 0.652. The maximum Gasteiger partial charge on any atom is 0.410 e. The molecule has 0 saturated heterocycles. The predicted octanol–water partition coefficient (Wildman–Crippen LogP) is 4.53. The van der Waals surface area contributed by atoms with E-state index in [1.54, 1.807) is 18.7 Å². The zero-order chi connectivity index (χ0) is 18.9. The SMILES string of the molecule is C[C@@H](O)CSCCCN(C[C@H](C)c1ccccc1)C(=O)OC(C)(C)C. The summed E-state index contributed by atoms with van der Waals surface area (Å²) in [5, 5.41) is 9.32. The molecule has 1 N–H and O–H groups in total. The second kappa shape index (κ2) is 10.7. The molecule has 1 aromatic rings. The fourth-order valence-electron chi connectivity index (χ4n) is 2.41. The standard InChI is InChI=1S/C20H33NO3S/c1-16(18-10-7-6-8-11-18)14-21(19(23)24-20(3,4)5)12-9-13-25-15-17(2)22/h6-8,10-11,16-17,22H,9,12-15H2,1-5H3/t16-,17+/m0/s1. The minimum Gasteiger partial charge on any atom is -0.444 e. The molecule has 0 aliphatic carbocycles. The highest BCUT2D eigenvalue weighted by Crippen LogP contribution is 2.19. The van der Waals surface area contributed by atoms with Crippen molar-refractivity contribution < 1.29 is 14.6 Å². The van der Waals surface area contributed by atoms with E-state index in [2.05, 4.69) is 19.1 Å². The summed E-state index contributed by atoms with van der Waals surface area (Å²) in [4.78, 5) is 14.4. The molecule has 0 aliphatic heterocycles. The molecule has 0 fully saturated rings. The number of hydrogen-bond donors (Lipinski definition) is 1. The summed E-state index contributed by atoms with van der Waals surface area (Å²) < 4.78 is 5.57. The van der Waals surface area contributed by atoms with Gasteiger partial charge in [0.05, 0.1) is 6.10 Å². The molecule has 1 aromatic carbocycles. The zero-order valence-corrected chi connectivity index (χ0v) is 17.0. The highest BCUT2D eigenvalue weighted by molar-refractivity contribution is 7.99. The number of hydrogen-bond acceptors (Lipinski definition) is 4. The lowest BCUT2D eigenvalue weighted by molar-refractivity contribution is 0.0241. The van der Waals surface area contributed by atoms with Crippen molar-refractivity contribution in [3.05, 3.63) is 35.9 Å². The van der Waals surface area contributed by atoms with Gasteiger partial charge in [-0.15, -0.1) is 0 Å². The van der Waals surface area contributed by atoms with Gasteiger partial charge in [-0.1, -0.05) is 37.3 Å². The van der Waals surface area contributed by atoms with Gasteiger partial charge in [0.25, 0.3) is 0 Å². The van der Waals surface area contributed by atoms with Crippen molar-refractivity contribution in [3.63, 3.8) is 0 Å². The van der Waals surface area contributed by atoms with Gasteiger partial charge >= 0.3 is 6.09 Å². The van der Waals surface area contributed by atoms with Gasteiger partial charge in [0.15, 0.2) is 0 Å². The first-order chi connectivity index (χ1) is 11.7. The number of aliphatic hydroxyl groups is 1. The molecule has 25 heavy (non-hydrogen) atoms. The van der Waals surface area contributed by atoms with Gasteiger partial charge < -0.3 is 14.7 Å². The number of amides is 1. The van der Waals surface area contributed by atoms with Crippen molar-refractivity contribution in [1.82, 2.24) is 4.90 Å². The molecule has 0 heterocycles. The molecule has 0 spiro atoms. The van der Waals surface area contributed by atoms with Crippen LogP contribution in [0.5, 0.6) is 0 Å². The lowest BCUT2D eigenvalue weighted by atomic mass is 10.0. The summed E-state index contributed by atoms with van der Waals surface area (Å²) in [6.07, 6.45) is 0.346. The van der Waals surface area contributed by atoms with Crippen LogP contribution in [0.2, 0.25) is 0 Å². The summed E-state index contributed by atoms with van der Waals surface area (Å²) in [6, 6.07) is 10.2. The molecular formula is C20H33NO3S. The van der Waals surface area contributed by atoms with Crippen molar-refractivity contribution in [1.29, 1.82) is 0 Å². The fourth-order valence-corrected chi connectivity index (χ4v) is 3.25. The van der Waals surface area contributed by atoms with Crippen molar-refractivity contribution in [2.75, 3.05) is 24.6 Å². The van der Waals surface area contributed by atoms with Crippen LogP contribution in [0.15, 0.2) is 30.3 Å². The molecule has 1 amide bonds. The summed E-state index contributed by atoms with van der Waals surface area (Å²) >= 11 is 1.71. The smallest absolute Gasteiger partial charge is 0.410 e. The lowest BCUT2D eigenvalue weighted by Crippen LogP contribution is -2.39. The Morgan fingerprint density at radius 2 is 1.88 bits per heavy atom. The first-order valence-electron chi connectivity index (χ1n) is 8.97. The normalized spacial score (nSPS) is 14.0. The van der Waals surface area contributed by atoms with Gasteiger partial charge in [-0.05, 0) is 51.3 Å². The van der Waals surface area contributed by atoms with Gasteiger partial charge in [-0.2, -0.15) is 11.8 Å². The molecule has 5 heteroatoms. The van der Waals surface area contributed by atoms with E-state index in [1.807, 2.05) is 43.9 Å². The van der Waals surface area contributed by atoms with Crippen LogP contribution in [0.1, 0.15) is 52.5 Å². The fraction of sp³-hybridized carbons (Fsp3) is 0.650. The number of rotatable bonds is 9. The largest absolute Gasteiger partial charge is 0.444 e. The van der Waals surface area contributed by atoms with Crippen LogP contribution >= 0.6 is 11.8 Å². The Hall–Kier alpha value is -1.20. The molecule has 0 unspecified atom stereocenters. The number of aliphatic hydroxyl groups excluding tert-OH is 1. The number of ether oxygens (including phenoxy) is 1. The number of benzene rings is 1. The molecule has 142 valence electrons. The Balaban J connectivity index is 2.62. The Labute approximate surface area is 156 Å². The molecule has 1 rings (SSSR count). The van der Waals surface area contributed by atoms with Crippen LogP contribution in [0.4, 0.5) is 4.79 Å². The highest BCUT2D eigenvalue weighted by atomic mass is 32.2. The second-order valence-corrected chi connectivity index (χ2v) is 8.67. The molecule has 2 atom stereocenters. The molecule has 0 bridgehead atoms. The number of thioether (sulfide) groups is 1. The van der Waals surface area contributed by atoms with Gasteiger partial charge in [0.2, 0.25) is 0 Å². The van der Waals surface area contributed by atoms with E-state index < -0.39 is 5.60 Å². The highest BCUT2D eigenvalue weighted by Gasteiger charge is 2.23. The first-order valence-corrected chi connectivity index (χ1v) is 10.1. The van der Waals surface area contributed by atoms with Crippen molar-refractivity contribution in [2.45, 2.75) is 58.7 Å². The minimum absolute atomic E-state index is 0.249. The average Bonchev–Trinajstić information content (AvgIpc) is 2.52. The van der Waals surface area contributed by atoms with Gasteiger partial charge in [0.1, 0.15) is 5.60 Å². The number of nitrogens with zero attached hydrogens (tertiary/aromatic N) is 1. The van der Waals surface area contributed by atoms with Gasteiger partial charge in [-0.3, -0.25) is 0 Å². The first kappa shape index (κ1) is 21.8. The van der Waals surface area contributed by atoms with E-state index in [9.17, 15) is 9.90 Å². The van der Waals surface area contributed by atoms with Crippen LogP contribution in [-0.2, 0) is 4.74 Å². The summed E-state index contributed by atoms with van der Waals surface area (Å²) in [5.41, 5.74) is 0.728. The Bertz CT molecular complexity index is 499. The van der Waals surface area contributed by atoms with E-state index >= 15 is 0 Å². The third kappa shape index (κ3) is 9.75. The van der Waals surface area contributed by atoms with Crippen LogP contribution in [0.25, 0.3) is 0 Å².